The minimum atomic E-state index is -3.61. The molecular weight excluding hydrogens is 2450 g/mol. The van der Waals surface area contributed by atoms with Crippen LogP contribution in [0.5, 0.6) is 0 Å². The van der Waals surface area contributed by atoms with Gasteiger partial charge in [0.2, 0.25) is 0 Å². The molecule has 8 nitrogen and oxygen atoms in total. The summed E-state index contributed by atoms with van der Waals surface area (Å²) in [6.45, 7) is 57.7. The normalized spacial score (nSPS) is 10.9. The topological polar surface area (TPSA) is 73.8 Å². The van der Waals surface area contributed by atoms with Crippen molar-refractivity contribution < 1.29 is 654 Å². The largest absolute Gasteiger partial charge is 0.633 e. The SMILES string of the molecule is [B][B]B(CCC[Si](C)(C)O[Si](O[Si]([CH2-])(C)C)(O[Si]([CH2-])(C)C)O[Si](C)(C)CC)C[Si](C)(C)O[Si](O[Si]([CH2-])(C)C)(O[Si]([CH2-])(C)C)O[Si]([CH2-])(C)C.[Y].[Y].[Y].[Y].[Y].[Y].[Y].[Y].[Y].[Y].[Y].[Y].[Y].[Y].[Y].[Y].[Y].[Y].[Y]. The molecule has 0 bridgehead atoms. The maximum atomic E-state index is 7.06. The Labute approximate surface area is 908 Å². The number of rotatable bonds is 24. The molecule has 0 aliphatic rings. The number of hydrogen-bond acceptors (Lipinski definition) is 8. The van der Waals surface area contributed by atoms with E-state index >= 15 is 0 Å². The molecule has 0 fully saturated rings. The van der Waals surface area contributed by atoms with Gasteiger partial charge in [-0.3, -0.25) is 0 Å². The summed E-state index contributed by atoms with van der Waals surface area (Å²) >= 11 is 0. The van der Waals surface area contributed by atoms with Crippen molar-refractivity contribution in [2.24, 2.45) is 0 Å². The monoisotopic (exact) mass is 2530 g/mol. The molecule has 0 aromatic heterocycles. The molecule has 0 N–H and O–H groups in total. The first-order chi connectivity index (χ1) is 20.9. The summed E-state index contributed by atoms with van der Waals surface area (Å²) < 4.78 is 54.4. The van der Waals surface area contributed by atoms with E-state index < -0.39 is 84.6 Å². The molecule has 0 saturated heterocycles. The van der Waals surface area contributed by atoms with E-state index in [9.17, 15) is 0 Å². The molecule has 0 atom stereocenters. The van der Waals surface area contributed by atoms with E-state index in [4.69, 9.17) is 40.7 Å². The molecule has 0 aromatic carbocycles. The molecule has 0 rings (SSSR count). The predicted molar refractivity (Wildman–Crippen MR) is 234 cm³/mol. The Balaban J connectivity index is -0.0000000646. The Kier molecular flexibility index (Phi) is 150. The molecule has 0 unspecified atom stereocenters. The standard InChI is InChI=1S/C27H71B3O8Si10.19Y/c1-23-44(17,18)36-48(34-42(11,12)13,35-43(14,15)16)37-45(19,20)26-24-25-30(29-28)27-46(21,22)38-47(31-39(2,3)4,32-40(5,6)7)33-41(8,9)10;;;;;;;;;;;;;;;;;;;/h2,5,8,11,14,23-27H2,1,3-4,6-7,9-10,12-13,15-22H3;;;;;;;;;;;;;;;;;;;/q-5;;;;;;;;;;;;;;;;;;;. The van der Waals surface area contributed by atoms with E-state index in [1.807, 2.05) is 46.3 Å². The fraction of sp³-hybridized carbons (Fsp3) is 0.815. The maximum absolute atomic E-state index is 7.06. The molecule has 40 heteroatoms. The summed E-state index contributed by atoms with van der Waals surface area (Å²) in [6, 6.07) is 1.83. The van der Waals surface area contributed by atoms with Gasteiger partial charge in [-0.2, -0.15) is 0 Å². The van der Waals surface area contributed by atoms with Crippen LogP contribution in [-0.2, 0) is 654 Å². The Morgan fingerprint density at radius 1 is 0.358 bits per heavy atom. The third-order valence-corrected chi connectivity index (χ3v) is 36.9. The van der Waals surface area contributed by atoms with E-state index in [-0.39, 0.29) is 628 Å². The van der Waals surface area contributed by atoms with Gasteiger partial charge >= 0.3 is 18.1 Å². The summed E-state index contributed by atoms with van der Waals surface area (Å²) in [5.74, 6) is 0.793. The number of hydrogen-bond donors (Lipinski definition) is 0. The van der Waals surface area contributed by atoms with E-state index in [2.05, 4.69) is 105 Å². The zero-order chi connectivity index (χ0) is 38.5. The fourth-order valence-corrected chi connectivity index (χ4v) is 36.9. The molecule has 0 saturated carbocycles. The third kappa shape index (κ3) is 87.0. The van der Waals surface area contributed by atoms with Crippen molar-refractivity contribution in [2.45, 2.75) is 142 Å². The molecule has 0 spiro atoms. The van der Waals surface area contributed by atoms with Gasteiger partial charge in [-0.05, 0) is 51.4 Å². The van der Waals surface area contributed by atoms with Crippen LogP contribution in [-0.4, -0.2) is 106 Å². The minimum absolute atomic E-state index is 0. The van der Waals surface area contributed by atoms with Crippen molar-refractivity contribution >= 4 is 106 Å². The van der Waals surface area contributed by atoms with Gasteiger partial charge in [0.05, 0.1) is 6.60 Å². The zero-order valence-corrected chi connectivity index (χ0v) is 109. The van der Waals surface area contributed by atoms with Gasteiger partial charge in [0, 0.05) is 678 Å². The predicted octanol–water partition coefficient (Wildman–Crippen LogP) is 8.18. The summed E-state index contributed by atoms with van der Waals surface area (Å²) in [6.07, 6.45) is 1.82. The van der Waals surface area contributed by atoms with Gasteiger partial charge in [-0.15, -0.1) is 0 Å². The first-order valence-electron chi connectivity index (χ1n) is 17.3. The van der Waals surface area contributed by atoms with E-state index in [1.165, 1.54) is 0 Å². The van der Waals surface area contributed by atoms with Crippen LogP contribution in [0.2, 0.25) is 129 Å². The molecule has 0 heterocycles. The Morgan fingerprint density at radius 3 is 0.776 bits per heavy atom. The average Bonchev–Trinajstić information content (AvgIpc) is 2.69. The smallest absolute Gasteiger partial charge is 0.424 e. The molecule has 338 valence electrons. The van der Waals surface area contributed by atoms with Crippen molar-refractivity contribution in [3.8, 4) is 0 Å². The Hall–Kier alpha value is 23.0. The summed E-state index contributed by atoms with van der Waals surface area (Å²) in [4.78, 5) is 0. The van der Waals surface area contributed by atoms with Crippen molar-refractivity contribution in [2.75, 3.05) is 0 Å². The van der Waals surface area contributed by atoms with Gasteiger partial charge in [-0.1, -0.05) is 91.1 Å². The molecule has 0 aromatic rings. The molecule has 0 aliphatic heterocycles. The van der Waals surface area contributed by atoms with Crippen LogP contribution >= 0.6 is 0 Å². The second kappa shape index (κ2) is 68.9. The minimum Gasteiger partial charge on any atom is -0.424 e. The average molecular weight is 2530 g/mol. The van der Waals surface area contributed by atoms with E-state index in [0.717, 1.165) is 30.8 Å². The second-order valence-electron chi connectivity index (χ2n) is 18.3. The van der Waals surface area contributed by atoms with Crippen LogP contribution in [0.3, 0.4) is 0 Å². The van der Waals surface area contributed by atoms with Crippen LogP contribution in [0, 0.1) is 32.7 Å². The van der Waals surface area contributed by atoms with Crippen molar-refractivity contribution in [3.63, 3.8) is 0 Å². The quantitative estimate of drug-likeness (QED) is 0.0709. The van der Waals surface area contributed by atoms with Crippen LogP contribution in [0.1, 0.15) is 13.3 Å². The first kappa shape index (κ1) is 146. The first-order valence-corrected chi connectivity index (χ1v) is 45.5. The third-order valence-electron chi connectivity index (χ3n) is 6.44. The second-order valence-corrected chi connectivity index (χ2v) is 56.6. The van der Waals surface area contributed by atoms with Gasteiger partial charge < -0.3 is 65.7 Å². The van der Waals surface area contributed by atoms with Gasteiger partial charge in [-0.25, -0.2) is 0 Å². The van der Waals surface area contributed by atoms with Crippen LogP contribution < -0.4 is 0 Å². The van der Waals surface area contributed by atoms with Crippen LogP contribution in [0.15, 0.2) is 0 Å². The molecular formula is C27H71B3O8Si10Y19-5. The van der Waals surface area contributed by atoms with E-state index in [0.29, 0.717) is 0 Å². The van der Waals surface area contributed by atoms with E-state index in [1.54, 1.807) is 0 Å². The van der Waals surface area contributed by atoms with Gasteiger partial charge in [0.15, 0.2) is 25.0 Å². The summed E-state index contributed by atoms with van der Waals surface area (Å²) in [5.41, 5.74) is 0. The van der Waals surface area contributed by atoms with Crippen LogP contribution in [0.4, 0.5) is 0 Å². The fourth-order valence-electron chi connectivity index (χ4n) is 4.81. The Morgan fingerprint density at radius 2 is 0.567 bits per heavy atom. The van der Waals surface area contributed by atoms with Crippen molar-refractivity contribution in [1.82, 2.24) is 0 Å². The van der Waals surface area contributed by atoms with Gasteiger partial charge in [0.1, 0.15) is 0 Å². The molecule has 67 heavy (non-hydrogen) atoms. The zero-order valence-electron chi connectivity index (χ0n) is 45.0. The Bertz CT molecular complexity index is 980. The van der Waals surface area contributed by atoms with Crippen molar-refractivity contribution in [1.29, 1.82) is 0 Å². The molecule has 22 radical (unpaired) electrons. The van der Waals surface area contributed by atoms with Crippen LogP contribution in [0.25, 0.3) is 0 Å². The maximum Gasteiger partial charge on any atom is 0.633 e. The summed E-state index contributed by atoms with van der Waals surface area (Å²) in [5, 5.41) is 0. The van der Waals surface area contributed by atoms with Gasteiger partial charge in [0.25, 0.3) is 0 Å². The molecule has 0 amide bonds. The molecule has 0 aliphatic carbocycles. The van der Waals surface area contributed by atoms with Crippen molar-refractivity contribution in [3.05, 3.63) is 32.7 Å². The summed E-state index contributed by atoms with van der Waals surface area (Å²) in [7, 11) is -17.7.